The number of hydrogen-bond donors (Lipinski definition) is 1. The minimum absolute atomic E-state index is 0.0396. The van der Waals surface area contributed by atoms with Crippen LogP contribution < -0.4 is 5.56 Å². The second-order valence-electron chi connectivity index (χ2n) is 6.08. The van der Waals surface area contributed by atoms with E-state index >= 15 is 0 Å². The highest BCUT2D eigenvalue weighted by atomic mass is 32.2. The third kappa shape index (κ3) is 4.71. The van der Waals surface area contributed by atoms with E-state index in [0.717, 1.165) is 5.56 Å². The standard InChI is InChI=1S/C18H23N3O2S/c1-12(2)21(13(3)4)17(23)11-24-18-19-15(10-16(22)20-18)14-8-6-5-7-9-14/h5-10,12-13H,11H2,1-4H3,(H,19,20,22). The van der Waals surface area contributed by atoms with Gasteiger partial charge in [-0.15, -0.1) is 0 Å². The molecule has 0 bridgehead atoms. The molecule has 2 rings (SSSR count). The van der Waals surface area contributed by atoms with E-state index in [1.165, 1.54) is 17.8 Å². The summed E-state index contributed by atoms with van der Waals surface area (Å²) in [6.45, 7) is 7.99. The molecule has 0 aliphatic rings. The molecule has 1 heterocycles. The maximum Gasteiger partial charge on any atom is 0.252 e. The number of benzene rings is 1. The van der Waals surface area contributed by atoms with Crippen LogP contribution in [0.1, 0.15) is 27.7 Å². The van der Waals surface area contributed by atoms with Crippen molar-refractivity contribution in [2.45, 2.75) is 44.9 Å². The minimum atomic E-state index is -0.219. The summed E-state index contributed by atoms with van der Waals surface area (Å²) in [5.41, 5.74) is 1.27. The van der Waals surface area contributed by atoms with Crippen LogP contribution in [0.15, 0.2) is 46.3 Å². The molecule has 6 heteroatoms. The van der Waals surface area contributed by atoms with Gasteiger partial charge in [0.15, 0.2) is 5.16 Å². The second kappa shape index (κ2) is 8.15. The van der Waals surface area contributed by atoms with Crippen molar-refractivity contribution in [2.24, 2.45) is 0 Å². The fourth-order valence-electron chi connectivity index (χ4n) is 2.64. The first-order valence-electron chi connectivity index (χ1n) is 7.99. The molecule has 0 unspecified atom stereocenters. The van der Waals surface area contributed by atoms with Crippen LogP contribution >= 0.6 is 11.8 Å². The second-order valence-corrected chi connectivity index (χ2v) is 7.04. The molecule has 5 nitrogen and oxygen atoms in total. The van der Waals surface area contributed by atoms with E-state index in [9.17, 15) is 9.59 Å². The van der Waals surface area contributed by atoms with Crippen LogP contribution in [0.2, 0.25) is 0 Å². The fraction of sp³-hybridized carbons (Fsp3) is 0.389. The number of thioether (sulfide) groups is 1. The number of amides is 1. The zero-order valence-electron chi connectivity index (χ0n) is 14.4. The van der Waals surface area contributed by atoms with E-state index in [2.05, 4.69) is 9.97 Å². The highest BCUT2D eigenvalue weighted by molar-refractivity contribution is 7.99. The molecule has 0 aliphatic carbocycles. The van der Waals surface area contributed by atoms with Gasteiger partial charge < -0.3 is 9.88 Å². The molecular formula is C18H23N3O2S. The lowest BCUT2D eigenvalue weighted by Crippen LogP contribution is -2.43. The van der Waals surface area contributed by atoms with Gasteiger partial charge in [-0.2, -0.15) is 0 Å². The molecule has 1 N–H and O–H groups in total. The number of H-pyrrole nitrogens is 1. The Morgan fingerprint density at radius 3 is 2.38 bits per heavy atom. The van der Waals surface area contributed by atoms with Crippen LogP contribution in [0.4, 0.5) is 0 Å². The molecule has 0 spiro atoms. The van der Waals surface area contributed by atoms with Crippen molar-refractivity contribution in [2.75, 3.05) is 5.75 Å². The zero-order chi connectivity index (χ0) is 17.7. The van der Waals surface area contributed by atoms with Crippen molar-refractivity contribution in [1.29, 1.82) is 0 Å². The van der Waals surface area contributed by atoms with Crippen molar-refractivity contribution >= 4 is 17.7 Å². The van der Waals surface area contributed by atoms with Gasteiger partial charge in [0.25, 0.3) is 5.56 Å². The highest BCUT2D eigenvalue weighted by Gasteiger charge is 2.20. The molecule has 0 radical (unpaired) electrons. The van der Waals surface area contributed by atoms with Gasteiger partial charge in [0, 0.05) is 23.7 Å². The zero-order valence-corrected chi connectivity index (χ0v) is 15.3. The highest BCUT2D eigenvalue weighted by Crippen LogP contribution is 2.19. The summed E-state index contributed by atoms with van der Waals surface area (Å²) in [5, 5.41) is 0.460. The molecule has 0 saturated carbocycles. The number of rotatable bonds is 6. The SMILES string of the molecule is CC(C)N(C(=O)CSc1nc(-c2ccccc2)cc(=O)[nH]1)C(C)C. The van der Waals surface area contributed by atoms with E-state index < -0.39 is 0 Å². The molecule has 0 atom stereocenters. The number of hydrogen-bond acceptors (Lipinski definition) is 4. The van der Waals surface area contributed by atoms with Gasteiger partial charge >= 0.3 is 0 Å². The number of nitrogens with zero attached hydrogens (tertiary/aromatic N) is 2. The van der Waals surface area contributed by atoms with Gasteiger partial charge in [0.1, 0.15) is 0 Å². The first-order valence-corrected chi connectivity index (χ1v) is 8.97. The number of aromatic amines is 1. The van der Waals surface area contributed by atoms with Gasteiger partial charge in [0.2, 0.25) is 5.91 Å². The smallest absolute Gasteiger partial charge is 0.252 e. The molecule has 2 aromatic rings. The Hall–Kier alpha value is -2.08. The maximum atomic E-state index is 12.4. The first kappa shape index (κ1) is 18.3. The molecule has 0 fully saturated rings. The summed E-state index contributed by atoms with van der Waals surface area (Å²) in [4.78, 5) is 33.3. The van der Waals surface area contributed by atoms with Crippen LogP contribution in [0.25, 0.3) is 11.3 Å². The molecule has 24 heavy (non-hydrogen) atoms. The predicted molar refractivity (Wildman–Crippen MR) is 98.1 cm³/mol. The Morgan fingerprint density at radius 1 is 1.17 bits per heavy atom. The molecule has 0 saturated heterocycles. The lowest BCUT2D eigenvalue weighted by atomic mass is 10.1. The van der Waals surface area contributed by atoms with Crippen molar-refractivity contribution < 1.29 is 4.79 Å². The normalized spacial score (nSPS) is 11.1. The lowest BCUT2D eigenvalue weighted by Gasteiger charge is -2.30. The molecule has 1 amide bonds. The Kier molecular flexibility index (Phi) is 6.20. The predicted octanol–water partition coefficient (Wildman–Crippen LogP) is 3.17. The number of carbonyl (C=O) groups excluding carboxylic acids is 1. The third-order valence-electron chi connectivity index (χ3n) is 3.52. The number of aromatic nitrogens is 2. The van der Waals surface area contributed by atoms with Crippen molar-refractivity contribution in [3.63, 3.8) is 0 Å². The van der Waals surface area contributed by atoms with E-state index in [4.69, 9.17) is 0 Å². The van der Waals surface area contributed by atoms with E-state index in [1.807, 2.05) is 62.9 Å². The van der Waals surface area contributed by atoms with E-state index in [-0.39, 0.29) is 29.3 Å². The summed E-state index contributed by atoms with van der Waals surface area (Å²) in [7, 11) is 0. The monoisotopic (exact) mass is 345 g/mol. The molecule has 128 valence electrons. The largest absolute Gasteiger partial charge is 0.337 e. The van der Waals surface area contributed by atoms with Gasteiger partial charge in [0.05, 0.1) is 11.4 Å². The van der Waals surface area contributed by atoms with Crippen molar-refractivity contribution in [3.05, 3.63) is 46.8 Å². The average Bonchev–Trinajstić information content (AvgIpc) is 2.52. The van der Waals surface area contributed by atoms with Crippen LogP contribution in [0, 0.1) is 0 Å². The van der Waals surface area contributed by atoms with Gasteiger partial charge in [-0.05, 0) is 27.7 Å². The van der Waals surface area contributed by atoms with Crippen molar-refractivity contribution in [3.8, 4) is 11.3 Å². The molecule has 1 aromatic heterocycles. The number of nitrogens with one attached hydrogen (secondary N) is 1. The number of carbonyl (C=O) groups is 1. The average molecular weight is 345 g/mol. The fourth-order valence-corrected chi connectivity index (χ4v) is 3.38. The summed E-state index contributed by atoms with van der Waals surface area (Å²) in [6.07, 6.45) is 0. The third-order valence-corrected chi connectivity index (χ3v) is 4.38. The van der Waals surface area contributed by atoms with Crippen LogP contribution in [-0.4, -0.2) is 38.6 Å². The van der Waals surface area contributed by atoms with E-state index in [1.54, 1.807) is 0 Å². The quantitative estimate of drug-likeness (QED) is 0.645. The summed E-state index contributed by atoms with van der Waals surface area (Å²) < 4.78 is 0. The molecule has 0 aliphatic heterocycles. The minimum Gasteiger partial charge on any atom is -0.337 e. The Balaban J connectivity index is 2.15. The molecular weight excluding hydrogens is 322 g/mol. The first-order chi connectivity index (χ1) is 11.4. The Labute approximate surface area is 146 Å². The topological polar surface area (TPSA) is 66.1 Å². The molecule has 1 aromatic carbocycles. The van der Waals surface area contributed by atoms with Crippen LogP contribution in [-0.2, 0) is 4.79 Å². The van der Waals surface area contributed by atoms with Crippen LogP contribution in [0.3, 0.4) is 0 Å². The summed E-state index contributed by atoms with van der Waals surface area (Å²) in [6, 6.07) is 11.3. The summed E-state index contributed by atoms with van der Waals surface area (Å²) in [5.74, 6) is 0.287. The van der Waals surface area contributed by atoms with Gasteiger partial charge in [-0.25, -0.2) is 4.98 Å². The lowest BCUT2D eigenvalue weighted by molar-refractivity contribution is -0.131. The Morgan fingerprint density at radius 2 is 1.79 bits per heavy atom. The summed E-state index contributed by atoms with van der Waals surface area (Å²) >= 11 is 1.26. The van der Waals surface area contributed by atoms with Crippen molar-refractivity contribution in [1.82, 2.24) is 14.9 Å². The maximum absolute atomic E-state index is 12.4. The van der Waals surface area contributed by atoms with Crippen LogP contribution in [0.5, 0.6) is 0 Å². The van der Waals surface area contributed by atoms with Gasteiger partial charge in [-0.3, -0.25) is 9.59 Å². The van der Waals surface area contributed by atoms with Gasteiger partial charge in [-0.1, -0.05) is 42.1 Å². The van der Waals surface area contributed by atoms with E-state index in [0.29, 0.717) is 10.9 Å². The Bertz CT molecular complexity index is 733.